The molecule has 1 fully saturated rings. The van der Waals surface area contributed by atoms with Crippen molar-refractivity contribution < 1.29 is 14.3 Å². The lowest BCUT2D eigenvalue weighted by Gasteiger charge is -2.40. The first kappa shape index (κ1) is 25.3. The van der Waals surface area contributed by atoms with Gasteiger partial charge in [-0.3, -0.25) is 9.69 Å². The molecule has 3 aromatic rings. The third kappa shape index (κ3) is 6.44. The van der Waals surface area contributed by atoms with E-state index in [1.54, 1.807) is 7.11 Å². The van der Waals surface area contributed by atoms with Gasteiger partial charge in [0.2, 0.25) is 0 Å². The molecule has 2 aromatic carbocycles. The number of hydrogen-bond acceptors (Lipinski definition) is 5. The summed E-state index contributed by atoms with van der Waals surface area (Å²) in [4.78, 5) is 18.5. The molecular formula is C29H36N2O3S. The second-order valence-electron chi connectivity index (χ2n) is 9.18. The molecule has 6 heteroatoms. The Kier molecular flexibility index (Phi) is 8.83. The smallest absolute Gasteiger partial charge is 0.263 e. The van der Waals surface area contributed by atoms with Crippen molar-refractivity contribution in [1.29, 1.82) is 0 Å². The highest BCUT2D eigenvalue weighted by molar-refractivity contribution is 7.12. The highest BCUT2D eigenvalue weighted by atomic mass is 32.1. The van der Waals surface area contributed by atoms with Crippen LogP contribution in [0.5, 0.6) is 11.5 Å². The number of piperidine rings is 1. The van der Waals surface area contributed by atoms with E-state index in [4.69, 9.17) is 9.47 Å². The Labute approximate surface area is 213 Å². The van der Waals surface area contributed by atoms with E-state index < -0.39 is 0 Å². The van der Waals surface area contributed by atoms with Crippen LogP contribution in [-0.4, -0.2) is 55.6 Å². The lowest BCUT2D eigenvalue weighted by atomic mass is 9.84. The first-order valence-electron chi connectivity index (χ1n) is 12.5. The second-order valence-corrected chi connectivity index (χ2v) is 10.1. The van der Waals surface area contributed by atoms with E-state index in [1.807, 2.05) is 48.5 Å². The van der Waals surface area contributed by atoms with Crippen molar-refractivity contribution in [1.82, 2.24) is 9.80 Å². The normalized spacial score (nSPS) is 15.5. The quantitative estimate of drug-likeness (QED) is 0.361. The molecule has 0 bridgehead atoms. The van der Waals surface area contributed by atoms with E-state index in [0.717, 1.165) is 55.3 Å². The van der Waals surface area contributed by atoms with Crippen LogP contribution in [0.15, 0.2) is 66.0 Å². The summed E-state index contributed by atoms with van der Waals surface area (Å²) in [7, 11) is 3.66. The number of rotatable bonds is 10. The third-order valence-electron chi connectivity index (χ3n) is 6.95. The molecule has 0 spiro atoms. The molecule has 35 heavy (non-hydrogen) atoms. The van der Waals surface area contributed by atoms with Crippen LogP contribution in [0.3, 0.4) is 0 Å². The zero-order valence-electron chi connectivity index (χ0n) is 21.0. The Morgan fingerprint density at radius 1 is 1.06 bits per heavy atom. The molecule has 0 unspecified atom stereocenters. The molecule has 0 saturated carbocycles. The van der Waals surface area contributed by atoms with Crippen LogP contribution in [0.4, 0.5) is 0 Å². The van der Waals surface area contributed by atoms with Crippen molar-refractivity contribution in [3.63, 3.8) is 0 Å². The molecule has 1 aromatic heterocycles. The number of nitrogens with zero attached hydrogens (tertiary/aromatic N) is 2. The highest BCUT2D eigenvalue weighted by Crippen LogP contribution is 2.31. The number of carbonyl (C=O) groups excluding carboxylic acids is 1. The molecule has 1 amide bonds. The average molecular weight is 493 g/mol. The van der Waals surface area contributed by atoms with E-state index in [9.17, 15) is 4.79 Å². The SMILES string of the molecule is CCOc1cc(CN2CCC([C@@H](Cc3ccccc3)N(C)C(=O)c3cccs3)CC2)ccc1OC. The Morgan fingerprint density at radius 3 is 2.49 bits per heavy atom. The van der Waals surface area contributed by atoms with Crippen molar-refractivity contribution in [2.45, 2.75) is 38.8 Å². The Bertz CT molecular complexity index is 1060. The standard InChI is InChI=1S/C29H36N2O3S/c1-4-34-27-20-23(12-13-26(27)33-3)21-31-16-14-24(15-17-31)25(19-22-9-6-5-7-10-22)30(2)29(32)28-11-8-18-35-28/h5-13,18,20,24-25H,4,14-17,19,21H2,1-3H3/t25-/m1/s1. The van der Waals surface area contributed by atoms with E-state index in [2.05, 4.69) is 41.3 Å². The molecular weight excluding hydrogens is 456 g/mol. The van der Waals surface area contributed by atoms with Crippen molar-refractivity contribution in [2.75, 3.05) is 33.9 Å². The maximum Gasteiger partial charge on any atom is 0.263 e. The van der Waals surface area contributed by atoms with Gasteiger partial charge in [-0.05, 0) is 79.9 Å². The van der Waals surface area contributed by atoms with Gasteiger partial charge in [0.1, 0.15) is 0 Å². The number of thiophene rings is 1. The number of hydrogen-bond donors (Lipinski definition) is 0. The first-order valence-corrected chi connectivity index (χ1v) is 13.3. The van der Waals surface area contributed by atoms with E-state index >= 15 is 0 Å². The zero-order chi connectivity index (χ0) is 24.6. The number of benzene rings is 2. The predicted octanol–water partition coefficient (Wildman–Crippen LogP) is 5.75. The molecule has 1 aliphatic rings. The maximum absolute atomic E-state index is 13.2. The first-order chi connectivity index (χ1) is 17.1. The summed E-state index contributed by atoms with van der Waals surface area (Å²) in [5.41, 5.74) is 2.52. The lowest BCUT2D eigenvalue weighted by molar-refractivity contribution is 0.0589. The van der Waals surface area contributed by atoms with Gasteiger partial charge in [0, 0.05) is 19.6 Å². The van der Waals surface area contributed by atoms with Gasteiger partial charge in [0.25, 0.3) is 5.91 Å². The van der Waals surface area contributed by atoms with Crippen LogP contribution in [0, 0.1) is 5.92 Å². The fraction of sp³-hybridized carbons (Fsp3) is 0.414. The fourth-order valence-corrected chi connectivity index (χ4v) is 5.75. The Balaban J connectivity index is 1.43. The van der Waals surface area contributed by atoms with Crippen molar-refractivity contribution in [3.8, 4) is 11.5 Å². The van der Waals surface area contributed by atoms with E-state index in [-0.39, 0.29) is 11.9 Å². The predicted molar refractivity (Wildman–Crippen MR) is 143 cm³/mol. The van der Waals surface area contributed by atoms with Gasteiger partial charge in [0.15, 0.2) is 11.5 Å². The number of carbonyl (C=O) groups is 1. The van der Waals surface area contributed by atoms with Gasteiger partial charge in [-0.1, -0.05) is 42.5 Å². The number of likely N-dealkylation sites (N-methyl/N-ethyl adjacent to an activating group) is 1. The van der Waals surface area contributed by atoms with Crippen molar-refractivity contribution >= 4 is 17.2 Å². The van der Waals surface area contributed by atoms with Crippen molar-refractivity contribution in [2.24, 2.45) is 5.92 Å². The fourth-order valence-electron chi connectivity index (χ4n) is 5.04. The van der Waals surface area contributed by atoms with Crippen molar-refractivity contribution in [3.05, 3.63) is 82.0 Å². The highest BCUT2D eigenvalue weighted by Gasteiger charge is 2.32. The molecule has 1 saturated heterocycles. The number of likely N-dealkylation sites (tertiary alicyclic amines) is 1. The van der Waals surface area contributed by atoms with Crippen LogP contribution in [0.1, 0.15) is 40.6 Å². The summed E-state index contributed by atoms with van der Waals surface area (Å²) < 4.78 is 11.2. The number of methoxy groups -OCH3 is 1. The largest absolute Gasteiger partial charge is 0.493 e. The van der Waals surface area contributed by atoms with Crippen LogP contribution in [-0.2, 0) is 13.0 Å². The molecule has 0 radical (unpaired) electrons. The van der Waals surface area contributed by atoms with Crippen LogP contribution in [0.2, 0.25) is 0 Å². The van der Waals surface area contributed by atoms with Crippen LogP contribution < -0.4 is 9.47 Å². The third-order valence-corrected chi connectivity index (χ3v) is 7.81. The summed E-state index contributed by atoms with van der Waals surface area (Å²) in [5, 5.41) is 1.97. The Hall–Kier alpha value is -2.83. The Morgan fingerprint density at radius 2 is 1.83 bits per heavy atom. The summed E-state index contributed by atoms with van der Waals surface area (Å²) in [5.74, 6) is 2.18. The topological polar surface area (TPSA) is 42.0 Å². The minimum Gasteiger partial charge on any atom is -0.493 e. The zero-order valence-corrected chi connectivity index (χ0v) is 21.8. The minimum atomic E-state index is 0.130. The van der Waals surface area contributed by atoms with E-state index in [0.29, 0.717) is 12.5 Å². The molecule has 5 nitrogen and oxygen atoms in total. The molecule has 2 heterocycles. The molecule has 0 aliphatic carbocycles. The lowest BCUT2D eigenvalue weighted by Crippen LogP contribution is -2.47. The van der Waals surface area contributed by atoms with Gasteiger partial charge in [-0.15, -0.1) is 11.3 Å². The van der Waals surface area contributed by atoms with Gasteiger partial charge in [-0.25, -0.2) is 0 Å². The van der Waals surface area contributed by atoms with Gasteiger partial charge in [-0.2, -0.15) is 0 Å². The summed E-state index contributed by atoms with van der Waals surface area (Å²) in [6, 6.07) is 20.8. The molecule has 1 atom stereocenters. The van der Waals surface area contributed by atoms with E-state index in [1.165, 1.54) is 22.5 Å². The maximum atomic E-state index is 13.2. The minimum absolute atomic E-state index is 0.130. The van der Waals surface area contributed by atoms with Crippen LogP contribution >= 0.6 is 11.3 Å². The molecule has 4 rings (SSSR count). The number of ether oxygens (including phenoxy) is 2. The molecule has 0 N–H and O–H groups in total. The van der Waals surface area contributed by atoms with Gasteiger partial charge < -0.3 is 14.4 Å². The van der Waals surface area contributed by atoms with Gasteiger partial charge >= 0.3 is 0 Å². The summed E-state index contributed by atoms with van der Waals surface area (Å²) in [6.07, 6.45) is 3.04. The molecule has 1 aliphatic heterocycles. The average Bonchev–Trinajstić information content (AvgIpc) is 3.43. The monoisotopic (exact) mass is 492 g/mol. The number of amides is 1. The van der Waals surface area contributed by atoms with Gasteiger partial charge in [0.05, 0.1) is 18.6 Å². The summed E-state index contributed by atoms with van der Waals surface area (Å²) in [6.45, 7) is 5.54. The second kappa shape index (κ2) is 12.2. The molecule has 186 valence electrons. The van der Waals surface area contributed by atoms with Crippen LogP contribution in [0.25, 0.3) is 0 Å². The summed E-state index contributed by atoms with van der Waals surface area (Å²) >= 11 is 1.52.